The van der Waals surface area contributed by atoms with E-state index in [0.29, 0.717) is 30.8 Å². The highest BCUT2D eigenvalue weighted by Crippen LogP contribution is 2.34. The van der Waals surface area contributed by atoms with Crippen LogP contribution in [0.25, 0.3) is 0 Å². The van der Waals surface area contributed by atoms with Crippen molar-refractivity contribution >= 4 is 11.9 Å². The van der Waals surface area contributed by atoms with Gasteiger partial charge in [0.2, 0.25) is 0 Å². The fourth-order valence-corrected chi connectivity index (χ4v) is 3.79. The van der Waals surface area contributed by atoms with Crippen LogP contribution in [0.15, 0.2) is 11.1 Å². The molecule has 1 saturated carbocycles. The summed E-state index contributed by atoms with van der Waals surface area (Å²) in [6.07, 6.45) is 14.0. The van der Waals surface area contributed by atoms with Gasteiger partial charge < -0.3 is 9.47 Å². The van der Waals surface area contributed by atoms with Gasteiger partial charge in [0.15, 0.2) is 0 Å². The van der Waals surface area contributed by atoms with E-state index >= 15 is 0 Å². The topological polar surface area (TPSA) is 52.6 Å². The lowest BCUT2D eigenvalue weighted by Crippen LogP contribution is -2.24. The minimum atomic E-state index is -0.294. The van der Waals surface area contributed by atoms with Crippen molar-refractivity contribution < 1.29 is 19.1 Å². The average molecular weight is 395 g/mol. The predicted molar refractivity (Wildman–Crippen MR) is 114 cm³/mol. The van der Waals surface area contributed by atoms with Crippen molar-refractivity contribution in [3.8, 4) is 0 Å². The molecule has 0 saturated heterocycles. The van der Waals surface area contributed by atoms with E-state index in [1.54, 1.807) is 0 Å². The van der Waals surface area contributed by atoms with Crippen LogP contribution in [-0.4, -0.2) is 25.2 Å². The number of ether oxygens (including phenoxy) is 2. The Kier molecular flexibility index (Phi) is 13.8. The summed E-state index contributed by atoms with van der Waals surface area (Å²) in [6.45, 7) is 7.19. The summed E-state index contributed by atoms with van der Waals surface area (Å²) < 4.78 is 11.1. The molecule has 28 heavy (non-hydrogen) atoms. The van der Waals surface area contributed by atoms with Gasteiger partial charge in [0.1, 0.15) is 0 Å². The lowest BCUT2D eigenvalue weighted by Gasteiger charge is -2.26. The molecule has 0 unspecified atom stereocenters. The predicted octanol–water partition coefficient (Wildman–Crippen LogP) is 6.52. The molecule has 4 heteroatoms. The molecule has 0 aromatic heterocycles. The lowest BCUT2D eigenvalue weighted by molar-refractivity contribution is -0.143. The second kappa shape index (κ2) is 15.6. The maximum Gasteiger partial charge on any atom is 0.334 e. The molecule has 0 radical (unpaired) electrons. The Labute approximate surface area is 172 Å². The summed E-state index contributed by atoms with van der Waals surface area (Å²) in [5.41, 5.74) is 1.23. The van der Waals surface area contributed by atoms with E-state index in [1.165, 1.54) is 6.42 Å². The molecule has 0 heterocycles. The molecule has 0 N–H and O–H groups in total. The SMILES string of the molecule is CCCCCC/C(C(=O)OCCCC)=C(/C(=O)OCCCC)C1CCCCC1. The molecule has 0 spiro atoms. The van der Waals surface area contributed by atoms with Crippen molar-refractivity contribution in [2.24, 2.45) is 5.92 Å². The van der Waals surface area contributed by atoms with E-state index in [-0.39, 0.29) is 17.9 Å². The monoisotopic (exact) mass is 394 g/mol. The van der Waals surface area contributed by atoms with Crippen LogP contribution in [0.2, 0.25) is 0 Å². The molecule has 162 valence electrons. The first-order valence-electron chi connectivity index (χ1n) is 11.7. The summed E-state index contributed by atoms with van der Waals surface area (Å²) in [6, 6.07) is 0. The van der Waals surface area contributed by atoms with Crippen molar-refractivity contribution in [1.29, 1.82) is 0 Å². The van der Waals surface area contributed by atoms with Gasteiger partial charge in [-0.1, -0.05) is 72.1 Å². The van der Waals surface area contributed by atoms with Crippen molar-refractivity contribution in [2.75, 3.05) is 13.2 Å². The molecule has 0 amide bonds. The summed E-state index contributed by atoms with van der Waals surface area (Å²) in [7, 11) is 0. The molecule has 1 aliphatic carbocycles. The van der Waals surface area contributed by atoms with Crippen LogP contribution < -0.4 is 0 Å². The molecule has 0 aromatic carbocycles. The smallest absolute Gasteiger partial charge is 0.334 e. The van der Waals surface area contributed by atoms with Gasteiger partial charge in [-0.25, -0.2) is 9.59 Å². The van der Waals surface area contributed by atoms with Crippen LogP contribution in [0, 0.1) is 5.92 Å². The summed E-state index contributed by atoms with van der Waals surface area (Å²) >= 11 is 0. The Morgan fingerprint density at radius 2 is 1.29 bits per heavy atom. The molecular weight excluding hydrogens is 352 g/mol. The standard InChI is InChI=1S/C24H42O4/c1-4-7-10-14-17-21(23(25)27-18-8-5-2)22(20-15-12-11-13-16-20)24(26)28-19-9-6-3/h20H,4-19H2,1-3H3/b22-21-. The fourth-order valence-electron chi connectivity index (χ4n) is 3.79. The largest absolute Gasteiger partial charge is 0.462 e. The van der Waals surface area contributed by atoms with Crippen LogP contribution in [0.5, 0.6) is 0 Å². The van der Waals surface area contributed by atoms with Crippen LogP contribution >= 0.6 is 0 Å². The number of hydrogen-bond acceptors (Lipinski definition) is 4. The first-order valence-corrected chi connectivity index (χ1v) is 11.7. The van der Waals surface area contributed by atoms with Gasteiger partial charge in [-0.15, -0.1) is 0 Å². The molecule has 1 rings (SSSR count). The van der Waals surface area contributed by atoms with Crippen molar-refractivity contribution in [2.45, 2.75) is 111 Å². The Bertz CT molecular complexity index is 475. The highest BCUT2D eigenvalue weighted by molar-refractivity contribution is 6.00. The highest BCUT2D eigenvalue weighted by Gasteiger charge is 2.30. The summed E-state index contributed by atoms with van der Waals surface area (Å²) in [5, 5.41) is 0. The van der Waals surface area contributed by atoms with E-state index in [0.717, 1.165) is 77.0 Å². The Morgan fingerprint density at radius 1 is 0.714 bits per heavy atom. The first-order chi connectivity index (χ1) is 13.7. The fraction of sp³-hybridized carbons (Fsp3) is 0.833. The summed E-state index contributed by atoms with van der Waals surface area (Å²) in [4.78, 5) is 25.9. The van der Waals surface area contributed by atoms with Crippen LogP contribution in [-0.2, 0) is 19.1 Å². The molecule has 0 bridgehead atoms. The normalized spacial score (nSPS) is 15.8. The van der Waals surface area contributed by atoms with Crippen LogP contribution in [0.1, 0.15) is 111 Å². The zero-order chi connectivity index (χ0) is 20.6. The maximum absolute atomic E-state index is 13.0. The Hall–Kier alpha value is -1.32. The van der Waals surface area contributed by atoms with Crippen LogP contribution in [0.4, 0.5) is 0 Å². The first kappa shape index (κ1) is 24.7. The van der Waals surface area contributed by atoms with Gasteiger partial charge in [-0.05, 0) is 44.4 Å². The third-order valence-corrected chi connectivity index (χ3v) is 5.55. The van der Waals surface area contributed by atoms with Gasteiger partial charge in [0.05, 0.1) is 18.8 Å². The number of carbonyl (C=O) groups is 2. The average Bonchev–Trinajstić information content (AvgIpc) is 2.71. The van der Waals surface area contributed by atoms with Gasteiger partial charge >= 0.3 is 11.9 Å². The van der Waals surface area contributed by atoms with Gasteiger partial charge in [-0.3, -0.25) is 0 Å². The second-order valence-electron chi connectivity index (χ2n) is 8.02. The molecule has 0 aromatic rings. The van der Waals surface area contributed by atoms with Crippen molar-refractivity contribution in [3.05, 3.63) is 11.1 Å². The van der Waals surface area contributed by atoms with E-state index in [9.17, 15) is 9.59 Å². The third-order valence-electron chi connectivity index (χ3n) is 5.55. The molecule has 0 aliphatic heterocycles. The van der Waals surface area contributed by atoms with E-state index in [2.05, 4.69) is 20.8 Å². The number of esters is 2. The lowest BCUT2D eigenvalue weighted by atomic mass is 9.80. The summed E-state index contributed by atoms with van der Waals surface area (Å²) in [5.74, 6) is -0.431. The zero-order valence-electron chi connectivity index (χ0n) is 18.5. The Morgan fingerprint density at radius 3 is 1.86 bits per heavy atom. The van der Waals surface area contributed by atoms with E-state index < -0.39 is 0 Å². The third kappa shape index (κ3) is 9.25. The second-order valence-corrected chi connectivity index (χ2v) is 8.02. The van der Waals surface area contributed by atoms with Crippen molar-refractivity contribution in [1.82, 2.24) is 0 Å². The molecule has 0 atom stereocenters. The van der Waals surface area contributed by atoms with Gasteiger partial charge in [0.25, 0.3) is 0 Å². The quantitative estimate of drug-likeness (QED) is 0.191. The minimum Gasteiger partial charge on any atom is -0.462 e. The number of hydrogen-bond donors (Lipinski definition) is 0. The number of carbonyl (C=O) groups excluding carboxylic acids is 2. The molecule has 1 fully saturated rings. The van der Waals surface area contributed by atoms with Crippen molar-refractivity contribution in [3.63, 3.8) is 0 Å². The Balaban J connectivity index is 3.06. The van der Waals surface area contributed by atoms with Crippen LogP contribution in [0.3, 0.4) is 0 Å². The molecular formula is C24H42O4. The van der Waals surface area contributed by atoms with Gasteiger partial charge in [0, 0.05) is 5.57 Å². The molecule has 1 aliphatic rings. The van der Waals surface area contributed by atoms with E-state index in [4.69, 9.17) is 9.47 Å². The number of rotatable bonds is 14. The zero-order valence-corrected chi connectivity index (χ0v) is 18.5. The van der Waals surface area contributed by atoms with Gasteiger partial charge in [-0.2, -0.15) is 0 Å². The molecule has 4 nitrogen and oxygen atoms in total. The van der Waals surface area contributed by atoms with E-state index in [1.807, 2.05) is 0 Å². The maximum atomic E-state index is 13.0. The minimum absolute atomic E-state index is 0.141. The highest BCUT2D eigenvalue weighted by atomic mass is 16.5. The number of unbranched alkanes of at least 4 members (excludes halogenated alkanes) is 5.